The Bertz CT molecular complexity index is 1770. The van der Waals surface area contributed by atoms with Crippen molar-refractivity contribution >= 4 is 33.7 Å². The Kier molecular flexibility index (Phi) is 10.8. The number of ether oxygens (including phenoxy) is 4. The van der Waals surface area contributed by atoms with E-state index in [0.717, 1.165) is 24.3 Å². The van der Waals surface area contributed by atoms with Crippen LogP contribution >= 0.6 is 11.8 Å². The second-order valence-electron chi connectivity index (χ2n) is 11.6. The van der Waals surface area contributed by atoms with Gasteiger partial charge in [-0.25, -0.2) is 18.4 Å². The number of thioether (sulfide) groups is 1. The summed E-state index contributed by atoms with van der Waals surface area (Å²) in [6.07, 6.45) is -12.1. The molecular weight excluding hydrogens is 678 g/mol. The van der Waals surface area contributed by atoms with Gasteiger partial charge in [0.2, 0.25) is 0 Å². The van der Waals surface area contributed by atoms with Gasteiger partial charge >= 0.3 is 11.3 Å². The van der Waals surface area contributed by atoms with Crippen molar-refractivity contribution in [3.63, 3.8) is 0 Å². The molecule has 2 fully saturated rings. The van der Waals surface area contributed by atoms with Gasteiger partial charge in [0, 0.05) is 10.8 Å². The van der Waals surface area contributed by atoms with E-state index in [-0.39, 0.29) is 33.1 Å². The van der Waals surface area contributed by atoms with Crippen molar-refractivity contribution in [2.24, 2.45) is 0 Å². The summed E-state index contributed by atoms with van der Waals surface area (Å²) in [5.41, 5.74) is -4.15. The van der Waals surface area contributed by atoms with Crippen LogP contribution in [-0.4, -0.2) is 104 Å². The highest BCUT2D eigenvalue weighted by Crippen LogP contribution is 2.38. The second kappa shape index (κ2) is 14.9. The van der Waals surface area contributed by atoms with Crippen molar-refractivity contribution in [2.75, 3.05) is 13.2 Å². The average Bonchev–Trinajstić information content (AvgIpc) is 3.07. The molecule has 2 aliphatic rings. The number of benzene rings is 2. The number of aliphatic hydroxyl groups excluding tert-OH is 6. The Balaban J connectivity index is 1.17. The van der Waals surface area contributed by atoms with Crippen LogP contribution in [0.5, 0.6) is 0 Å². The molecule has 2 saturated heterocycles. The van der Waals surface area contributed by atoms with Crippen molar-refractivity contribution in [3.05, 3.63) is 92.1 Å². The molecule has 2 aromatic carbocycles. The number of hydrogen-bond acceptors (Lipinski definition) is 15. The molecule has 10 atom stereocenters. The van der Waals surface area contributed by atoms with Gasteiger partial charge in [0.1, 0.15) is 82.5 Å². The average molecular weight is 711 g/mol. The summed E-state index contributed by atoms with van der Waals surface area (Å²) in [5, 5.41) is 64.4. The largest absolute Gasteiger partial charge is 0.422 e. The van der Waals surface area contributed by atoms with Gasteiger partial charge in [0.05, 0.1) is 37.6 Å². The molecule has 4 aromatic rings. The van der Waals surface area contributed by atoms with Crippen LogP contribution < -0.4 is 11.3 Å². The molecule has 4 heterocycles. The summed E-state index contributed by atoms with van der Waals surface area (Å²) in [6, 6.07) is 9.80. The molecule has 0 saturated carbocycles. The van der Waals surface area contributed by atoms with Gasteiger partial charge in [-0.3, -0.25) is 0 Å². The van der Waals surface area contributed by atoms with Crippen LogP contribution in [0, 0.1) is 11.6 Å². The molecular formula is C32H32F2O14S. The molecule has 264 valence electrons. The lowest BCUT2D eigenvalue weighted by molar-refractivity contribution is -0.231. The number of fused-ring (bicyclic) bond motifs is 2. The molecule has 49 heavy (non-hydrogen) atoms. The van der Waals surface area contributed by atoms with Crippen molar-refractivity contribution in [1.82, 2.24) is 0 Å². The lowest BCUT2D eigenvalue weighted by Crippen LogP contribution is -2.61. The molecule has 0 amide bonds. The molecule has 6 rings (SSSR count). The van der Waals surface area contributed by atoms with Crippen molar-refractivity contribution in [2.45, 2.75) is 72.9 Å². The Morgan fingerprint density at radius 3 is 1.43 bits per heavy atom. The number of aliphatic hydroxyl groups is 6. The number of hydrogen-bond donors (Lipinski definition) is 6. The maximum Gasteiger partial charge on any atom is 0.341 e. The van der Waals surface area contributed by atoms with E-state index in [4.69, 9.17) is 27.8 Å². The van der Waals surface area contributed by atoms with Crippen LogP contribution in [0.15, 0.2) is 67.0 Å². The number of rotatable bonds is 10. The van der Waals surface area contributed by atoms with E-state index in [1.54, 1.807) is 0 Å². The summed E-state index contributed by atoms with van der Waals surface area (Å²) >= 11 is 0.671. The van der Waals surface area contributed by atoms with Crippen LogP contribution in [0.4, 0.5) is 8.78 Å². The summed E-state index contributed by atoms with van der Waals surface area (Å²) in [7, 11) is 0. The van der Waals surface area contributed by atoms with Crippen LogP contribution in [-0.2, 0) is 32.2 Å². The summed E-state index contributed by atoms with van der Waals surface area (Å²) in [5.74, 6) is -1.14. The zero-order valence-electron chi connectivity index (χ0n) is 25.3. The third-order valence-corrected chi connectivity index (χ3v) is 9.62. The van der Waals surface area contributed by atoms with E-state index in [9.17, 15) is 49.0 Å². The van der Waals surface area contributed by atoms with Crippen LogP contribution in [0.3, 0.4) is 0 Å². The van der Waals surface area contributed by atoms with Gasteiger partial charge in [0.25, 0.3) is 0 Å². The van der Waals surface area contributed by atoms with Gasteiger partial charge in [-0.1, -0.05) is 11.8 Å². The van der Waals surface area contributed by atoms with Gasteiger partial charge in [-0.05, 0) is 48.5 Å². The first-order chi connectivity index (χ1) is 23.5. The molecule has 4 unspecified atom stereocenters. The SMILES string of the molecule is O=c1oc2ccc(F)cc2cc1COC1[C@@H](O)C(CO)O[C@@H](S[C@@H]2OC(CO)[C@H](O)C(OCc3cc4cc(F)ccc4oc3=O)[C@@H]2O)[C@@H]1O. The Morgan fingerprint density at radius 1 is 0.633 bits per heavy atom. The first-order valence-electron chi connectivity index (χ1n) is 15.1. The smallest absolute Gasteiger partial charge is 0.341 e. The number of halogens is 2. The highest BCUT2D eigenvalue weighted by Gasteiger charge is 2.51. The Labute approximate surface area is 279 Å². The van der Waals surface area contributed by atoms with Gasteiger partial charge in [0.15, 0.2) is 0 Å². The predicted molar refractivity (Wildman–Crippen MR) is 165 cm³/mol. The Morgan fingerprint density at radius 2 is 1.04 bits per heavy atom. The molecule has 0 radical (unpaired) electrons. The third-order valence-electron chi connectivity index (χ3n) is 8.31. The quantitative estimate of drug-likeness (QED) is 0.122. The van der Waals surface area contributed by atoms with E-state index in [0.29, 0.717) is 11.8 Å². The summed E-state index contributed by atoms with van der Waals surface area (Å²) < 4.78 is 60.7. The van der Waals surface area contributed by atoms with E-state index in [1.165, 1.54) is 24.3 Å². The minimum Gasteiger partial charge on any atom is -0.422 e. The highest BCUT2D eigenvalue weighted by atomic mass is 32.2. The molecule has 0 bridgehead atoms. The van der Waals surface area contributed by atoms with Gasteiger partial charge in [-0.15, -0.1) is 0 Å². The topological polar surface area (TPSA) is 219 Å². The summed E-state index contributed by atoms with van der Waals surface area (Å²) in [6.45, 7) is -2.43. The van der Waals surface area contributed by atoms with Gasteiger partial charge in [-0.2, -0.15) is 0 Å². The molecule has 0 spiro atoms. The molecule has 2 aromatic heterocycles. The van der Waals surface area contributed by atoms with Crippen LogP contribution in [0.1, 0.15) is 11.1 Å². The summed E-state index contributed by atoms with van der Waals surface area (Å²) in [4.78, 5) is 25.0. The maximum absolute atomic E-state index is 13.7. The molecule has 2 aliphatic heterocycles. The van der Waals surface area contributed by atoms with E-state index in [1.807, 2.05) is 0 Å². The fourth-order valence-corrected chi connectivity index (χ4v) is 7.01. The first-order valence-corrected chi connectivity index (χ1v) is 16.0. The lowest BCUT2D eigenvalue weighted by atomic mass is 9.99. The predicted octanol–water partition coefficient (Wildman–Crippen LogP) is 0.259. The van der Waals surface area contributed by atoms with Crippen molar-refractivity contribution in [3.8, 4) is 0 Å². The first kappa shape index (κ1) is 35.5. The minimum absolute atomic E-state index is 0.0508. The monoisotopic (exact) mass is 710 g/mol. The zero-order chi connectivity index (χ0) is 35.0. The van der Waals surface area contributed by atoms with E-state index < -0.39 is 109 Å². The van der Waals surface area contributed by atoms with Crippen LogP contribution in [0.25, 0.3) is 21.9 Å². The molecule has 6 N–H and O–H groups in total. The molecule has 0 aliphatic carbocycles. The third kappa shape index (κ3) is 7.42. The van der Waals surface area contributed by atoms with E-state index >= 15 is 0 Å². The van der Waals surface area contributed by atoms with Crippen molar-refractivity contribution < 1.29 is 67.2 Å². The minimum atomic E-state index is -1.66. The maximum atomic E-state index is 13.7. The normalized spacial score (nSPS) is 30.6. The highest BCUT2D eigenvalue weighted by molar-refractivity contribution is 8.00. The zero-order valence-corrected chi connectivity index (χ0v) is 26.2. The fourth-order valence-electron chi connectivity index (χ4n) is 5.70. The second-order valence-corrected chi connectivity index (χ2v) is 12.8. The van der Waals surface area contributed by atoms with Crippen LogP contribution in [0.2, 0.25) is 0 Å². The Hall–Kier alpha value is -3.33. The molecule has 14 nitrogen and oxygen atoms in total. The van der Waals surface area contributed by atoms with E-state index in [2.05, 4.69) is 0 Å². The van der Waals surface area contributed by atoms with Crippen molar-refractivity contribution in [1.29, 1.82) is 0 Å². The standard InChI is InChI=1S/C32H32F2O14S/c33-17-1-3-19-13(7-17)5-15(29(41)45-19)11-43-27-23(37)21(9-35)47-31(25(27)39)49-32-26(40)28(24(38)22(10-36)48-32)44-12-16-6-14-8-18(34)2-4-20(14)46-30(16)42/h1-8,21-28,31-32,35-40H,9-12H2/t21?,22?,23-,24-,25-,26+,27?,28?,31-,32-/m0/s1. The van der Waals surface area contributed by atoms with Gasteiger partial charge < -0.3 is 58.4 Å². The molecule has 17 heteroatoms. The lowest BCUT2D eigenvalue weighted by Gasteiger charge is -2.46. The fraction of sp³-hybridized carbons (Fsp3) is 0.438.